The second-order valence-corrected chi connectivity index (χ2v) is 6.45. The molecular weight excluding hydrogens is 354 g/mol. The van der Waals surface area contributed by atoms with Crippen LogP contribution in [0.25, 0.3) is 17.0 Å². The SMILES string of the molecule is COc1ccc(C(=O)c2c(-c3ccccc3)nc3nc(N(C)C)ncn23)cc1. The molecule has 28 heavy (non-hydrogen) atoms. The van der Waals surface area contributed by atoms with Gasteiger partial charge in [-0.2, -0.15) is 4.98 Å². The Labute approximate surface area is 162 Å². The zero-order chi connectivity index (χ0) is 19.7. The maximum Gasteiger partial charge on any atom is 0.239 e. The van der Waals surface area contributed by atoms with Crippen LogP contribution in [0, 0.1) is 0 Å². The molecule has 2 aromatic carbocycles. The van der Waals surface area contributed by atoms with Gasteiger partial charge >= 0.3 is 0 Å². The molecule has 0 aliphatic heterocycles. The lowest BCUT2D eigenvalue weighted by molar-refractivity contribution is 0.103. The van der Waals surface area contributed by atoms with Crippen molar-refractivity contribution in [1.82, 2.24) is 19.4 Å². The molecule has 7 nitrogen and oxygen atoms in total. The van der Waals surface area contributed by atoms with Gasteiger partial charge in [0.25, 0.3) is 0 Å². The van der Waals surface area contributed by atoms with Gasteiger partial charge in [0.2, 0.25) is 17.5 Å². The highest BCUT2D eigenvalue weighted by Gasteiger charge is 2.23. The van der Waals surface area contributed by atoms with Gasteiger partial charge in [-0.1, -0.05) is 30.3 Å². The van der Waals surface area contributed by atoms with Crippen LogP contribution in [0.15, 0.2) is 60.9 Å². The number of rotatable bonds is 5. The van der Waals surface area contributed by atoms with Gasteiger partial charge in [-0.05, 0) is 24.3 Å². The maximum absolute atomic E-state index is 13.4. The lowest BCUT2D eigenvalue weighted by Crippen LogP contribution is -2.14. The second-order valence-electron chi connectivity index (χ2n) is 6.45. The lowest BCUT2D eigenvalue weighted by atomic mass is 10.0. The zero-order valence-corrected chi connectivity index (χ0v) is 15.8. The Bertz CT molecular complexity index is 1130. The summed E-state index contributed by atoms with van der Waals surface area (Å²) in [5, 5.41) is 0. The average Bonchev–Trinajstić information content (AvgIpc) is 3.12. The minimum absolute atomic E-state index is 0.157. The third kappa shape index (κ3) is 3.07. The van der Waals surface area contributed by atoms with Crippen molar-refractivity contribution in [3.05, 3.63) is 72.2 Å². The van der Waals surface area contributed by atoms with Crippen molar-refractivity contribution in [3.63, 3.8) is 0 Å². The Kier molecular flexibility index (Phi) is 4.49. The van der Waals surface area contributed by atoms with E-state index < -0.39 is 0 Å². The number of carbonyl (C=O) groups is 1. The molecule has 0 saturated carbocycles. The standard InChI is InChI=1S/C21H19N5O2/c1-25(2)20-22-13-26-18(19(27)15-9-11-16(28-3)12-10-15)17(23-21(26)24-20)14-7-5-4-6-8-14/h4-13H,1-3H3. The Hall–Kier alpha value is -3.74. The Morgan fingerprint density at radius 1 is 1.00 bits per heavy atom. The molecule has 2 aromatic heterocycles. The number of methoxy groups -OCH3 is 1. The number of carbonyl (C=O) groups excluding carboxylic acids is 1. The maximum atomic E-state index is 13.4. The van der Waals surface area contributed by atoms with Crippen molar-refractivity contribution < 1.29 is 9.53 Å². The molecule has 0 bridgehead atoms. The van der Waals surface area contributed by atoms with E-state index in [1.54, 1.807) is 47.0 Å². The molecule has 0 saturated heterocycles. The minimum Gasteiger partial charge on any atom is -0.497 e. The van der Waals surface area contributed by atoms with Crippen molar-refractivity contribution in [2.45, 2.75) is 0 Å². The zero-order valence-electron chi connectivity index (χ0n) is 15.8. The predicted octanol–water partition coefficient (Wildman–Crippen LogP) is 3.10. The summed E-state index contributed by atoms with van der Waals surface area (Å²) in [6.07, 6.45) is 1.59. The van der Waals surface area contributed by atoms with Crippen LogP contribution in [0.3, 0.4) is 0 Å². The van der Waals surface area contributed by atoms with Crippen molar-refractivity contribution >= 4 is 17.5 Å². The first-order valence-electron chi connectivity index (χ1n) is 8.75. The molecule has 0 spiro atoms. The molecule has 0 fully saturated rings. The number of anilines is 1. The molecule has 0 unspecified atom stereocenters. The van der Waals surface area contributed by atoms with Gasteiger partial charge < -0.3 is 9.64 Å². The molecule has 0 atom stereocenters. The Balaban J connectivity index is 1.92. The van der Waals surface area contributed by atoms with Crippen LogP contribution in [0.2, 0.25) is 0 Å². The number of aromatic nitrogens is 4. The highest BCUT2D eigenvalue weighted by molar-refractivity contribution is 6.11. The highest BCUT2D eigenvalue weighted by Crippen LogP contribution is 2.27. The van der Waals surface area contributed by atoms with E-state index in [4.69, 9.17) is 4.74 Å². The molecule has 0 radical (unpaired) electrons. The molecule has 2 heterocycles. The summed E-state index contributed by atoms with van der Waals surface area (Å²) in [6, 6.07) is 16.6. The van der Waals surface area contributed by atoms with Crippen molar-refractivity contribution in [3.8, 4) is 17.0 Å². The van der Waals surface area contributed by atoms with Gasteiger partial charge in [0.1, 0.15) is 23.5 Å². The van der Waals surface area contributed by atoms with E-state index in [1.807, 2.05) is 44.4 Å². The van der Waals surface area contributed by atoms with E-state index in [9.17, 15) is 4.79 Å². The summed E-state index contributed by atoms with van der Waals surface area (Å²) >= 11 is 0. The first kappa shape index (κ1) is 17.7. The molecule has 4 aromatic rings. The minimum atomic E-state index is -0.157. The monoisotopic (exact) mass is 373 g/mol. The smallest absolute Gasteiger partial charge is 0.239 e. The van der Waals surface area contributed by atoms with Gasteiger partial charge in [-0.25, -0.2) is 9.97 Å². The first-order valence-corrected chi connectivity index (χ1v) is 8.75. The van der Waals surface area contributed by atoms with Crippen LogP contribution in [0.4, 0.5) is 5.95 Å². The fourth-order valence-electron chi connectivity index (χ4n) is 2.95. The second kappa shape index (κ2) is 7.11. The number of hydrogen-bond donors (Lipinski definition) is 0. The van der Waals surface area contributed by atoms with Crippen molar-refractivity contribution in [2.24, 2.45) is 0 Å². The number of ether oxygens (including phenoxy) is 1. The van der Waals surface area contributed by atoms with E-state index in [2.05, 4.69) is 15.0 Å². The number of benzene rings is 2. The summed E-state index contributed by atoms with van der Waals surface area (Å²) in [6.45, 7) is 0. The molecule has 4 rings (SSSR count). The van der Waals surface area contributed by atoms with Crippen molar-refractivity contribution in [2.75, 3.05) is 26.1 Å². The molecule has 7 heteroatoms. The van der Waals surface area contributed by atoms with Crippen LogP contribution < -0.4 is 9.64 Å². The van der Waals surface area contributed by atoms with E-state index in [0.29, 0.717) is 34.4 Å². The average molecular weight is 373 g/mol. The van der Waals surface area contributed by atoms with Gasteiger partial charge in [0.05, 0.1) is 7.11 Å². The first-order chi connectivity index (χ1) is 13.6. The van der Waals surface area contributed by atoms with Crippen LogP contribution in [0.1, 0.15) is 16.1 Å². The quantitative estimate of drug-likeness (QED) is 0.501. The molecule has 0 aliphatic rings. The molecule has 0 amide bonds. The van der Waals surface area contributed by atoms with Gasteiger partial charge in [-0.15, -0.1) is 0 Å². The van der Waals surface area contributed by atoms with E-state index >= 15 is 0 Å². The summed E-state index contributed by atoms with van der Waals surface area (Å²) in [5.74, 6) is 1.49. The summed E-state index contributed by atoms with van der Waals surface area (Å²) < 4.78 is 6.83. The Morgan fingerprint density at radius 2 is 1.71 bits per heavy atom. The van der Waals surface area contributed by atoms with Crippen molar-refractivity contribution in [1.29, 1.82) is 0 Å². The molecule has 0 N–H and O–H groups in total. The summed E-state index contributed by atoms with van der Waals surface area (Å²) in [5.41, 5.74) is 2.39. The van der Waals surface area contributed by atoms with E-state index in [-0.39, 0.29) is 5.78 Å². The number of ketones is 1. The molecule has 0 aliphatic carbocycles. The van der Waals surface area contributed by atoms with Gasteiger partial charge in [0, 0.05) is 25.2 Å². The largest absolute Gasteiger partial charge is 0.497 e. The number of hydrogen-bond acceptors (Lipinski definition) is 6. The summed E-state index contributed by atoms with van der Waals surface area (Å²) in [4.78, 5) is 28.6. The van der Waals surface area contributed by atoms with Crippen LogP contribution in [0.5, 0.6) is 5.75 Å². The van der Waals surface area contributed by atoms with E-state index in [1.165, 1.54) is 0 Å². The van der Waals surface area contributed by atoms with Crippen LogP contribution in [-0.2, 0) is 0 Å². The predicted molar refractivity (Wildman–Crippen MR) is 107 cm³/mol. The molecule has 140 valence electrons. The number of nitrogens with zero attached hydrogens (tertiary/aromatic N) is 5. The molecular formula is C21H19N5O2. The lowest BCUT2D eigenvalue weighted by Gasteiger charge is -2.09. The van der Waals surface area contributed by atoms with Gasteiger partial charge in [0.15, 0.2) is 0 Å². The number of fused-ring (bicyclic) bond motifs is 1. The fourth-order valence-corrected chi connectivity index (χ4v) is 2.95. The third-order valence-electron chi connectivity index (χ3n) is 4.40. The topological polar surface area (TPSA) is 72.6 Å². The van der Waals surface area contributed by atoms with E-state index in [0.717, 1.165) is 5.56 Å². The highest BCUT2D eigenvalue weighted by atomic mass is 16.5. The fraction of sp³-hybridized carbons (Fsp3) is 0.143. The third-order valence-corrected chi connectivity index (χ3v) is 4.40. The van der Waals surface area contributed by atoms with Crippen LogP contribution in [-0.4, -0.2) is 46.3 Å². The van der Waals surface area contributed by atoms with Crippen LogP contribution >= 0.6 is 0 Å². The normalized spacial score (nSPS) is 10.8. The Morgan fingerprint density at radius 3 is 2.36 bits per heavy atom. The van der Waals surface area contributed by atoms with Gasteiger partial charge in [-0.3, -0.25) is 9.20 Å². The number of imidazole rings is 1. The summed E-state index contributed by atoms with van der Waals surface area (Å²) in [7, 11) is 5.31.